The summed E-state index contributed by atoms with van der Waals surface area (Å²) >= 11 is 3.32. The minimum absolute atomic E-state index is 0.865. The molecule has 2 aromatic heterocycles. The summed E-state index contributed by atoms with van der Waals surface area (Å²) in [6, 6.07) is 0. The molecule has 0 atom stereocenters. The summed E-state index contributed by atoms with van der Waals surface area (Å²) in [5.41, 5.74) is 1.00. The molecule has 0 fully saturated rings. The van der Waals surface area contributed by atoms with Gasteiger partial charge in [-0.3, -0.25) is 0 Å². The lowest BCUT2D eigenvalue weighted by molar-refractivity contribution is 0.673. The van der Waals surface area contributed by atoms with E-state index >= 15 is 0 Å². The van der Waals surface area contributed by atoms with E-state index in [1.807, 2.05) is 11.6 Å². The van der Waals surface area contributed by atoms with E-state index in [2.05, 4.69) is 27.6 Å². The van der Waals surface area contributed by atoms with Crippen molar-refractivity contribution in [1.29, 1.82) is 0 Å². The third-order valence-corrected chi connectivity index (χ3v) is 3.55. The number of nitrogens with zero attached hydrogens (tertiary/aromatic N) is 2. The quantitative estimate of drug-likeness (QED) is 0.815. The normalized spacial score (nSPS) is 10.7. The second-order valence-corrected chi connectivity index (χ2v) is 4.98. The zero-order chi connectivity index (χ0) is 10.5. The van der Waals surface area contributed by atoms with Crippen LogP contribution in [0, 0.1) is 0 Å². The Morgan fingerprint density at radius 2 is 2.33 bits per heavy atom. The lowest BCUT2D eigenvalue weighted by atomic mass is 10.5. The van der Waals surface area contributed by atoms with E-state index in [4.69, 9.17) is 0 Å². The van der Waals surface area contributed by atoms with Crippen LogP contribution in [-0.2, 0) is 6.54 Å². The van der Waals surface area contributed by atoms with Gasteiger partial charge in [-0.15, -0.1) is 22.7 Å². The zero-order valence-electron chi connectivity index (χ0n) is 8.56. The Morgan fingerprint density at radius 1 is 1.40 bits per heavy atom. The molecule has 0 radical (unpaired) electrons. The first-order valence-electron chi connectivity index (χ1n) is 4.95. The summed E-state index contributed by atoms with van der Waals surface area (Å²) in [6.45, 7) is 4.08. The van der Waals surface area contributed by atoms with E-state index in [0.717, 1.165) is 35.2 Å². The third kappa shape index (κ3) is 2.84. The van der Waals surface area contributed by atoms with Gasteiger partial charge in [-0.1, -0.05) is 6.92 Å². The van der Waals surface area contributed by atoms with E-state index in [0.29, 0.717) is 0 Å². The summed E-state index contributed by atoms with van der Waals surface area (Å²) in [6.07, 6.45) is 2.97. The van der Waals surface area contributed by atoms with Crippen molar-refractivity contribution in [2.45, 2.75) is 19.9 Å². The Hall–Kier alpha value is -0.780. The first-order valence-corrected chi connectivity index (χ1v) is 6.71. The largest absolute Gasteiger partial charge is 0.310 e. The number of nitrogens with one attached hydrogen (secondary N) is 1. The molecular formula is C10H13N3S2. The Bertz CT molecular complexity index is 394. The minimum Gasteiger partial charge on any atom is -0.310 e. The standard InChI is InChI=1S/C10H13N3S2/c1-2-3-11-6-9-13-8(7-15-9)10-12-4-5-14-10/h4-5,7,11H,2-3,6H2,1H3. The van der Waals surface area contributed by atoms with Gasteiger partial charge in [0.2, 0.25) is 0 Å². The van der Waals surface area contributed by atoms with Crippen LogP contribution in [0.2, 0.25) is 0 Å². The van der Waals surface area contributed by atoms with Crippen molar-refractivity contribution in [3.05, 3.63) is 22.0 Å². The van der Waals surface area contributed by atoms with Crippen LogP contribution in [0.3, 0.4) is 0 Å². The van der Waals surface area contributed by atoms with Gasteiger partial charge in [0, 0.05) is 23.5 Å². The molecule has 0 aromatic carbocycles. The lowest BCUT2D eigenvalue weighted by Gasteiger charge is -1.97. The Morgan fingerprint density at radius 3 is 3.07 bits per heavy atom. The number of hydrogen-bond donors (Lipinski definition) is 1. The van der Waals surface area contributed by atoms with Gasteiger partial charge in [0.05, 0.1) is 0 Å². The summed E-state index contributed by atoms with van der Waals surface area (Å²) in [5.74, 6) is 0. The van der Waals surface area contributed by atoms with Crippen LogP contribution in [0.4, 0.5) is 0 Å². The van der Waals surface area contributed by atoms with Crippen molar-refractivity contribution >= 4 is 22.7 Å². The molecule has 80 valence electrons. The van der Waals surface area contributed by atoms with Crippen LogP contribution in [0.1, 0.15) is 18.4 Å². The minimum atomic E-state index is 0.865. The number of rotatable bonds is 5. The molecule has 0 saturated heterocycles. The highest BCUT2D eigenvalue weighted by Crippen LogP contribution is 2.23. The highest BCUT2D eigenvalue weighted by molar-refractivity contribution is 7.14. The van der Waals surface area contributed by atoms with Gasteiger partial charge in [0.25, 0.3) is 0 Å². The van der Waals surface area contributed by atoms with Gasteiger partial charge >= 0.3 is 0 Å². The summed E-state index contributed by atoms with van der Waals surface area (Å²) in [7, 11) is 0. The average molecular weight is 239 g/mol. The first kappa shape index (κ1) is 10.7. The molecular weight excluding hydrogens is 226 g/mol. The Kier molecular flexibility index (Phi) is 3.82. The smallest absolute Gasteiger partial charge is 0.142 e. The summed E-state index contributed by atoms with van der Waals surface area (Å²) in [5, 5.41) is 9.53. The van der Waals surface area contributed by atoms with Crippen molar-refractivity contribution < 1.29 is 0 Å². The summed E-state index contributed by atoms with van der Waals surface area (Å²) in [4.78, 5) is 8.77. The number of hydrogen-bond acceptors (Lipinski definition) is 5. The first-order chi connectivity index (χ1) is 7.40. The van der Waals surface area contributed by atoms with Crippen molar-refractivity contribution in [3.63, 3.8) is 0 Å². The fourth-order valence-electron chi connectivity index (χ4n) is 1.21. The van der Waals surface area contributed by atoms with Gasteiger partial charge in [0.1, 0.15) is 15.7 Å². The predicted octanol–water partition coefficient (Wildman–Crippen LogP) is 2.77. The van der Waals surface area contributed by atoms with Gasteiger partial charge in [0.15, 0.2) is 0 Å². The zero-order valence-corrected chi connectivity index (χ0v) is 10.2. The Balaban J connectivity index is 1.98. The van der Waals surface area contributed by atoms with Crippen molar-refractivity contribution in [2.75, 3.05) is 6.54 Å². The maximum Gasteiger partial charge on any atom is 0.142 e. The second kappa shape index (κ2) is 5.34. The lowest BCUT2D eigenvalue weighted by Crippen LogP contribution is -2.13. The third-order valence-electron chi connectivity index (χ3n) is 1.91. The maximum absolute atomic E-state index is 4.53. The highest BCUT2D eigenvalue weighted by atomic mass is 32.1. The molecule has 0 saturated carbocycles. The molecule has 3 nitrogen and oxygen atoms in total. The molecule has 0 aliphatic heterocycles. The van der Waals surface area contributed by atoms with Crippen LogP contribution < -0.4 is 5.32 Å². The van der Waals surface area contributed by atoms with E-state index in [1.54, 1.807) is 22.7 Å². The molecule has 1 N–H and O–H groups in total. The topological polar surface area (TPSA) is 37.8 Å². The fraction of sp³-hybridized carbons (Fsp3) is 0.400. The van der Waals surface area contributed by atoms with Crippen molar-refractivity contribution in [3.8, 4) is 10.7 Å². The fourth-order valence-corrected chi connectivity index (χ4v) is 2.63. The SMILES string of the molecule is CCCNCc1nc(-c2nccs2)cs1. The van der Waals surface area contributed by atoms with Crippen LogP contribution in [0.15, 0.2) is 17.0 Å². The molecule has 0 unspecified atom stereocenters. The molecule has 0 spiro atoms. The molecule has 0 aliphatic carbocycles. The molecule has 5 heteroatoms. The maximum atomic E-state index is 4.53. The molecule has 0 bridgehead atoms. The van der Waals surface area contributed by atoms with E-state index in [9.17, 15) is 0 Å². The van der Waals surface area contributed by atoms with Crippen LogP contribution in [0.5, 0.6) is 0 Å². The van der Waals surface area contributed by atoms with Crippen molar-refractivity contribution in [1.82, 2.24) is 15.3 Å². The van der Waals surface area contributed by atoms with Crippen LogP contribution in [0.25, 0.3) is 10.7 Å². The molecule has 0 amide bonds. The van der Waals surface area contributed by atoms with E-state index < -0.39 is 0 Å². The Labute approximate surface area is 97.2 Å². The van der Waals surface area contributed by atoms with Crippen LogP contribution >= 0.6 is 22.7 Å². The van der Waals surface area contributed by atoms with E-state index in [-0.39, 0.29) is 0 Å². The van der Waals surface area contributed by atoms with Gasteiger partial charge in [-0.05, 0) is 13.0 Å². The van der Waals surface area contributed by atoms with Crippen LogP contribution in [-0.4, -0.2) is 16.5 Å². The van der Waals surface area contributed by atoms with Gasteiger partial charge in [-0.2, -0.15) is 0 Å². The van der Waals surface area contributed by atoms with Crippen molar-refractivity contribution in [2.24, 2.45) is 0 Å². The monoisotopic (exact) mass is 239 g/mol. The molecule has 2 heterocycles. The molecule has 2 rings (SSSR count). The molecule has 2 aromatic rings. The highest BCUT2D eigenvalue weighted by Gasteiger charge is 2.05. The second-order valence-electron chi connectivity index (χ2n) is 3.14. The molecule has 15 heavy (non-hydrogen) atoms. The number of thiazole rings is 2. The van der Waals surface area contributed by atoms with E-state index in [1.165, 1.54) is 0 Å². The predicted molar refractivity (Wildman–Crippen MR) is 65.2 cm³/mol. The number of aromatic nitrogens is 2. The van der Waals surface area contributed by atoms with Gasteiger partial charge < -0.3 is 5.32 Å². The average Bonchev–Trinajstić information content (AvgIpc) is 2.87. The molecule has 0 aliphatic rings. The van der Waals surface area contributed by atoms with Gasteiger partial charge in [-0.25, -0.2) is 9.97 Å². The summed E-state index contributed by atoms with van der Waals surface area (Å²) < 4.78 is 0.